The van der Waals surface area contributed by atoms with E-state index in [0.29, 0.717) is 19.6 Å². The number of rotatable bonds is 6. The van der Waals surface area contributed by atoms with Gasteiger partial charge in [0.1, 0.15) is 5.92 Å². The third-order valence-corrected chi connectivity index (χ3v) is 1.96. The van der Waals surface area contributed by atoms with Crippen molar-refractivity contribution in [3.8, 4) is 6.07 Å². The largest absolute Gasteiger partial charge is 0.384 e. The Morgan fingerprint density at radius 1 is 1.64 bits per heavy atom. The minimum atomic E-state index is -0.523. The molecule has 0 fully saturated rings. The molecule has 2 atom stereocenters. The predicted molar refractivity (Wildman–Crippen MR) is 53.4 cm³/mol. The molecule has 0 aromatic heterocycles. The van der Waals surface area contributed by atoms with E-state index in [1.807, 2.05) is 19.9 Å². The van der Waals surface area contributed by atoms with Crippen LogP contribution in [-0.2, 0) is 9.53 Å². The summed E-state index contributed by atoms with van der Waals surface area (Å²) in [6.07, 6.45) is 0.557. The maximum absolute atomic E-state index is 11.3. The van der Waals surface area contributed by atoms with Crippen LogP contribution in [0.2, 0.25) is 0 Å². The van der Waals surface area contributed by atoms with Crippen LogP contribution in [0.15, 0.2) is 0 Å². The molecule has 0 aromatic rings. The standard InChI is InChI=1S/C10H18N2O2/c1-4-9(5-11)10(13)12-6-8(2)7-14-3/h8-9H,4,6-7H2,1-3H3,(H,12,13). The maximum Gasteiger partial charge on any atom is 0.237 e. The molecule has 1 amide bonds. The SMILES string of the molecule is CCC(C#N)C(=O)NCC(C)COC. The molecular formula is C10H18N2O2. The smallest absolute Gasteiger partial charge is 0.237 e. The van der Waals surface area contributed by atoms with Gasteiger partial charge in [0.15, 0.2) is 0 Å². The second-order valence-corrected chi connectivity index (χ2v) is 3.40. The Morgan fingerprint density at radius 3 is 2.71 bits per heavy atom. The average Bonchev–Trinajstić information content (AvgIpc) is 2.17. The number of ether oxygens (including phenoxy) is 1. The molecule has 14 heavy (non-hydrogen) atoms. The van der Waals surface area contributed by atoms with E-state index in [2.05, 4.69) is 5.32 Å². The van der Waals surface area contributed by atoms with Gasteiger partial charge >= 0.3 is 0 Å². The maximum atomic E-state index is 11.3. The number of methoxy groups -OCH3 is 1. The summed E-state index contributed by atoms with van der Waals surface area (Å²) in [4.78, 5) is 11.3. The van der Waals surface area contributed by atoms with Crippen molar-refractivity contribution in [1.82, 2.24) is 5.32 Å². The number of nitrogens with zero attached hydrogens (tertiary/aromatic N) is 1. The highest BCUT2D eigenvalue weighted by atomic mass is 16.5. The Hall–Kier alpha value is -1.08. The lowest BCUT2D eigenvalue weighted by molar-refractivity contribution is -0.123. The van der Waals surface area contributed by atoms with Crippen LogP contribution in [0.5, 0.6) is 0 Å². The van der Waals surface area contributed by atoms with Crippen LogP contribution >= 0.6 is 0 Å². The zero-order valence-electron chi connectivity index (χ0n) is 9.04. The van der Waals surface area contributed by atoms with Gasteiger partial charge in [-0.1, -0.05) is 13.8 Å². The summed E-state index contributed by atoms with van der Waals surface area (Å²) >= 11 is 0. The van der Waals surface area contributed by atoms with Gasteiger partial charge in [-0.2, -0.15) is 5.26 Å². The van der Waals surface area contributed by atoms with E-state index in [1.54, 1.807) is 7.11 Å². The predicted octanol–water partition coefficient (Wildman–Crippen LogP) is 0.935. The van der Waals surface area contributed by atoms with E-state index in [-0.39, 0.29) is 11.8 Å². The van der Waals surface area contributed by atoms with Crippen molar-refractivity contribution in [3.05, 3.63) is 0 Å². The van der Waals surface area contributed by atoms with Gasteiger partial charge in [-0.15, -0.1) is 0 Å². The van der Waals surface area contributed by atoms with Gasteiger partial charge in [0, 0.05) is 13.7 Å². The van der Waals surface area contributed by atoms with Crippen LogP contribution in [0.4, 0.5) is 0 Å². The second-order valence-electron chi connectivity index (χ2n) is 3.40. The van der Waals surface area contributed by atoms with Crippen molar-refractivity contribution in [2.75, 3.05) is 20.3 Å². The van der Waals surface area contributed by atoms with Crippen molar-refractivity contribution in [2.45, 2.75) is 20.3 Å². The highest BCUT2D eigenvalue weighted by Crippen LogP contribution is 2.00. The fourth-order valence-electron chi connectivity index (χ4n) is 1.08. The summed E-state index contributed by atoms with van der Waals surface area (Å²) in [5.41, 5.74) is 0. The van der Waals surface area contributed by atoms with E-state index < -0.39 is 5.92 Å². The van der Waals surface area contributed by atoms with E-state index >= 15 is 0 Å². The van der Waals surface area contributed by atoms with Crippen LogP contribution in [0.3, 0.4) is 0 Å². The molecule has 0 radical (unpaired) electrons. The van der Waals surface area contributed by atoms with Gasteiger partial charge in [0.05, 0.1) is 12.7 Å². The van der Waals surface area contributed by atoms with Gasteiger partial charge in [0.2, 0.25) is 5.91 Å². The molecular weight excluding hydrogens is 180 g/mol. The Balaban J connectivity index is 3.79. The first kappa shape index (κ1) is 12.9. The fraction of sp³-hybridized carbons (Fsp3) is 0.800. The molecule has 0 heterocycles. The zero-order chi connectivity index (χ0) is 11.0. The lowest BCUT2D eigenvalue weighted by Crippen LogP contribution is -2.34. The number of hydrogen-bond acceptors (Lipinski definition) is 3. The molecule has 0 aliphatic rings. The number of nitrogens with one attached hydrogen (secondary N) is 1. The van der Waals surface area contributed by atoms with Gasteiger partial charge in [0.25, 0.3) is 0 Å². The van der Waals surface area contributed by atoms with Gasteiger partial charge in [-0.3, -0.25) is 4.79 Å². The fourth-order valence-corrected chi connectivity index (χ4v) is 1.08. The molecule has 0 aliphatic heterocycles. The monoisotopic (exact) mass is 198 g/mol. The molecule has 0 bridgehead atoms. The van der Waals surface area contributed by atoms with E-state index in [0.717, 1.165) is 0 Å². The molecule has 0 aliphatic carbocycles. The van der Waals surface area contributed by atoms with Crippen molar-refractivity contribution in [1.29, 1.82) is 5.26 Å². The van der Waals surface area contributed by atoms with Crippen molar-refractivity contribution < 1.29 is 9.53 Å². The van der Waals surface area contributed by atoms with Crippen LogP contribution < -0.4 is 5.32 Å². The van der Waals surface area contributed by atoms with E-state index in [4.69, 9.17) is 10.00 Å². The quantitative estimate of drug-likeness (QED) is 0.690. The molecule has 0 saturated heterocycles. The molecule has 80 valence electrons. The summed E-state index contributed by atoms with van der Waals surface area (Å²) < 4.78 is 4.93. The first-order valence-corrected chi connectivity index (χ1v) is 4.81. The summed E-state index contributed by atoms with van der Waals surface area (Å²) in [5, 5.41) is 11.4. The van der Waals surface area contributed by atoms with Gasteiger partial charge in [-0.25, -0.2) is 0 Å². The molecule has 0 aromatic carbocycles. The van der Waals surface area contributed by atoms with E-state index in [9.17, 15) is 4.79 Å². The third kappa shape index (κ3) is 4.83. The van der Waals surface area contributed by atoms with Crippen LogP contribution in [0.1, 0.15) is 20.3 Å². The first-order chi connectivity index (χ1) is 6.65. The van der Waals surface area contributed by atoms with Crippen molar-refractivity contribution >= 4 is 5.91 Å². The summed E-state index contributed by atoms with van der Waals surface area (Å²) in [6.45, 7) is 4.98. The minimum Gasteiger partial charge on any atom is -0.384 e. The molecule has 2 unspecified atom stereocenters. The Morgan fingerprint density at radius 2 is 2.29 bits per heavy atom. The zero-order valence-corrected chi connectivity index (χ0v) is 9.04. The molecule has 4 nitrogen and oxygen atoms in total. The van der Waals surface area contributed by atoms with E-state index in [1.165, 1.54) is 0 Å². The number of amides is 1. The lowest BCUT2D eigenvalue weighted by Gasteiger charge is -2.12. The summed E-state index contributed by atoms with van der Waals surface area (Å²) in [5.74, 6) is -0.428. The highest BCUT2D eigenvalue weighted by Gasteiger charge is 2.15. The normalized spacial score (nSPS) is 14.1. The molecule has 4 heteroatoms. The van der Waals surface area contributed by atoms with Crippen molar-refractivity contribution in [3.63, 3.8) is 0 Å². The number of hydrogen-bond donors (Lipinski definition) is 1. The number of carbonyl (C=O) groups excluding carboxylic acids is 1. The average molecular weight is 198 g/mol. The Labute approximate surface area is 85.2 Å². The summed E-state index contributed by atoms with van der Waals surface area (Å²) in [7, 11) is 1.63. The lowest BCUT2D eigenvalue weighted by atomic mass is 10.1. The van der Waals surface area contributed by atoms with Crippen LogP contribution in [0.25, 0.3) is 0 Å². The molecule has 0 saturated carbocycles. The number of carbonyl (C=O) groups is 1. The van der Waals surface area contributed by atoms with Gasteiger partial charge in [-0.05, 0) is 12.3 Å². The number of nitriles is 1. The van der Waals surface area contributed by atoms with Gasteiger partial charge < -0.3 is 10.1 Å². The Kier molecular flexibility index (Phi) is 6.77. The Bertz CT molecular complexity index is 211. The van der Waals surface area contributed by atoms with Crippen molar-refractivity contribution in [2.24, 2.45) is 11.8 Å². The summed E-state index contributed by atoms with van der Waals surface area (Å²) in [6, 6.07) is 1.96. The van der Waals surface area contributed by atoms with Crippen LogP contribution in [0, 0.1) is 23.2 Å². The van der Waals surface area contributed by atoms with Crippen LogP contribution in [-0.4, -0.2) is 26.2 Å². The topological polar surface area (TPSA) is 62.1 Å². The highest BCUT2D eigenvalue weighted by molar-refractivity contribution is 5.80. The molecule has 0 spiro atoms. The third-order valence-electron chi connectivity index (χ3n) is 1.96. The minimum absolute atomic E-state index is 0.182. The first-order valence-electron chi connectivity index (χ1n) is 4.81. The second kappa shape index (κ2) is 7.34. The molecule has 0 rings (SSSR count). The molecule has 1 N–H and O–H groups in total.